The van der Waals surface area contributed by atoms with Gasteiger partial charge in [0.05, 0.1) is 10.3 Å². The van der Waals surface area contributed by atoms with E-state index in [0.29, 0.717) is 5.36 Å². The van der Waals surface area contributed by atoms with E-state index in [4.69, 9.17) is 0 Å². The molecule has 0 aliphatic rings. The highest BCUT2D eigenvalue weighted by Gasteiger charge is 2.11. The van der Waals surface area contributed by atoms with E-state index >= 15 is 0 Å². The topological polar surface area (TPSA) is 46.5 Å². The third-order valence-corrected chi connectivity index (χ3v) is 5.03. The lowest BCUT2D eigenvalue weighted by Gasteiger charge is -1.99. The summed E-state index contributed by atoms with van der Waals surface area (Å²) in [5.74, 6) is 0. The van der Waals surface area contributed by atoms with Gasteiger partial charge in [-0.1, -0.05) is 36.4 Å². The second-order valence-corrected chi connectivity index (χ2v) is 6.73. The van der Waals surface area contributed by atoms with Crippen molar-refractivity contribution in [2.75, 3.05) is 0 Å². The minimum atomic E-state index is -3.68. The third-order valence-electron chi connectivity index (χ3n) is 2.84. The Labute approximate surface area is 120 Å². The van der Waals surface area contributed by atoms with Crippen LogP contribution in [0.4, 0.5) is 0 Å². The van der Waals surface area contributed by atoms with E-state index in [-0.39, 0.29) is 4.90 Å². The van der Waals surface area contributed by atoms with Crippen molar-refractivity contribution >= 4 is 31.4 Å². The summed E-state index contributed by atoms with van der Waals surface area (Å²) in [5, 5.41) is 3.17. The summed E-state index contributed by atoms with van der Waals surface area (Å²) in [4.78, 5) is 0.205. The molecule has 1 aromatic heterocycles. The van der Waals surface area contributed by atoms with Crippen LogP contribution in [0.2, 0.25) is 0 Å². The van der Waals surface area contributed by atoms with Crippen LogP contribution < -0.4 is 5.36 Å². The first-order valence-corrected chi connectivity index (χ1v) is 8.31. The van der Waals surface area contributed by atoms with Crippen LogP contribution >= 0.6 is 11.3 Å². The Kier molecular flexibility index (Phi) is 3.38. The maximum absolute atomic E-state index is 12.3. The highest BCUT2D eigenvalue weighted by atomic mass is 32.2. The number of fused-ring (bicyclic) bond motifs is 1. The summed E-state index contributed by atoms with van der Waals surface area (Å²) in [6.45, 7) is 0. The van der Waals surface area contributed by atoms with Crippen LogP contribution in [0.1, 0.15) is 0 Å². The van der Waals surface area contributed by atoms with Crippen molar-refractivity contribution in [2.45, 2.75) is 4.90 Å². The second kappa shape index (κ2) is 5.19. The first-order chi connectivity index (χ1) is 9.67. The Balaban J connectivity index is 2.26. The molecular weight excluding hydrogens is 290 g/mol. The second-order valence-electron chi connectivity index (χ2n) is 4.18. The van der Waals surface area contributed by atoms with Gasteiger partial charge in [0.25, 0.3) is 10.0 Å². The Morgan fingerprint density at radius 1 is 0.850 bits per heavy atom. The van der Waals surface area contributed by atoms with Gasteiger partial charge in [-0.3, -0.25) is 0 Å². The fourth-order valence-electron chi connectivity index (χ4n) is 1.90. The first-order valence-electron chi connectivity index (χ1n) is 5.99. The molecular formula is C15H11NO2S2. The molecule has 0 N–H and O–H groups in total. The molecule has 0 aliphatic carbocycles. The van der Waals surface area contributed by atoms with Crippen LogP contribution in [0.3, 0.4) is 0 Å². The van der Waals surface area contributed by atoms with Crippen molar-refractivity contribution in [2.24, 2.45) is 4.40 Å². The number of sulfonamides is 1. The van der Waals surface area contributed by atoms with Gasteiger partial charge in [0.1, 0.15) is 0 Å². The van der Waals surface area contributed by atoms with Crippen molar-refractivity contribution in [3.8, 4) is 0 Å². The van der Waals surface area contributed by atoms with Gasteiger partial charge in [-0.25, -0.2) is 0 Å². The molecule has 3 nitrogen and oxygen atoms in total. The highest BCUT2D eigenvalue weighted by molar-refractivity contribution is 7.90. The molecule has 0 fully saturated rings. The van der Waals surface area contributed by atoms with Crippen molar-refractivity contribution in [3.63, 3.8) is 0 Å². The first kappa shape index (κ1) is 13.0. The van der Waals surface area contributed by atoms with E-state index in [2.05, 4.69) is 4.40 Å². The van der Waals surface area contributed by atoms with Crippen LogP contribution in [0.15, 0.2) is 75.3 Å². The van der Waals surface area contributed by atoms with Crippen molar-refractivity contribution in [1.29, 1.82) is 0 Å². The summed E-state index contributed by atoms with van der Waals surface area (Å²) < 4.78 is 29.5. The number of hydrogen-bond acceptors (Lipinski definition) is 3. The molecule has 0 amide bonds. The zero-order valence-electron chi connectivity index (χ0n) is 10.4. The molecule has 0 atom stereocenters. The molecule has 3 rings (SSSR count). The predicted octanol–water partition coefficient (Wildman–Crippen LogP) is 3.19. The number of rotatable bonds is 2. The van der Waals surface area contributed by atoms with Gasteiger partial charge in [0, 0.05) is 10.1 Å². The molecule has 0 bridgehead atoms. The summed E-state index contributed by atoms with van der Waals surface area (Å²) in [7, 11) is -3.68. The summed E-state index contributed by atoms with van der Waals surface area (Å²) in [6.07, 6.45) is 0. The lowest BCUT2D eigenvalue weighted by Crippen LogP contribution is -2.07. The minimum absolute atomic E-state index is 0.205. The largest absolute Gasteiger partial charge is 0.282 e. The average molecular weight is 301 g/mol. The predicted molar refractivity (Wildman–Crippen MR) is 81.0 cm³/mol. The molecule has 0 unspecified atom stereocenters. The van der Waals surface area contributed by atoms with Crippen LogP contribution in [0, 0.1) is 0 Å². The molecule has 0 spiro atoms. The van der Waals surface area contributed by atoms with E-state index in [1.54, 1.807) is 47.7 Å². The van der Waals surface area contributed by atoms with Crippen LogP contribution in [0.25, 0.3) is 10.1 Å². The quantitative estimate of drug-likeness (QED) is 0.730. The summed E-state index contributed by atoms with van der Waals surface area (Å²) in [5.41, 5.74) is 0. The van der Waals surface area contributed by atoms with Gasteiger partial charge in [0.15, 0.2) is 0 Å². The SMILES string of the molecule is O=S(=O)(N=c1ccsc2ccccc12)c1ccccc1. The van der Waals surface area contributed by atoms with E-state index < -0.39 is 10.0 Å². The zero-order valence-corrected chi connectivity index (χ0v) is 12.1. The molecule has 100 valence electrons. The molecule has 1 heterocycles. The van der Waals surface area contributed by atoms with Gasteiger partial charge in [-0.2, -0.15) is 12.8 Å². The maximum atomic E-state index is 12.3. The molecule has 0 saturated heterocycles. The van der Waals surface area contributed by atoms with Gasteiger partial charge in [-0.15, -0.1) is 11.3 Å². The standard InChI is InChI=1S/C15H11NO2S2/c17-20(18,12-6-2-1-3-7-12)16-14-10-11-19-15-9-5-4-8-13(14)15/h1-11H. The summed E-state index contributed by atoms with van der Waals surface area (Å²) in [6, 6.07) is 17.6. The normalized spacial score (nSPS) is 12.7. The van der Waals surface area contributed by atoms with Gasteiger partial charge in [0.2, 0.25) is 0 Å². The number of hydrogen-bond donors (Lipinski definition) is 0. The van der Waals surface area contributed by atoms with Gasteiger partial charge < -0.3 is 0 Å². The van der Waals surface area contributed by atoms with Crippen molar-refractivity contribution in [1.82, 2.24) is 0 Å². The summed E-state index contributed by atoms with van der Waals surface area (Å²) >= 11 is 1.56. The van der Waals surface area contributed by atoms with Crippen LogP contribution in [-0.2, 0) is 10.0 Å². The molecule has 5 heteroatoms. The molecule has 2 aromatic carbocycles. The smallest absolute Gasteiger partial charge is 0.199 e. The lowest BCUT2D eigenvalue weighted by molar-refractivity contribution is 0.597. The lowest BCUT2D eigenvalue weighted by atomic mass is 10.2. The molecule has 0 saturated carbocycles. The maximum Gasteiger partial charge on any atom is 0.282 e. The third kappa shape index (κ3) is 2.50. The molecule has 0 aliphatic heterocycles. The van der Waals surface area contributed by atoms with Gasteiger partial charge in [-0.05, 0) is 29.6 Å². The average Bonchev–Trinajstić information content (AvgIpc) is 2.48. The molecule has 20 heavy (non-hydrogen) atoms. The highest BCUT2D eigenvalue weighted by Crippen LogP contribution is 2.15. The zero-order chi connectivity index (χ0) is 14.0. The fraction of sp³-hybridized carbons (Fsp3) is 0. The monoisotopic (exact) mass is 301 g/mol. The minimum Gasteiger partial charge on any atom is -0.199 e. The Hall–Kier alpha value is -1.98. The van der Waals surface area contributed by atoms with E-state index in [1.807, 2.05) is 29.6 Å². The number of nitrogens with zero attached hydrogens (tertiary/aromatic N) is 1. The van der Waals surface area contributed by atoms with Crippen LogP contribution in [-0.4, -0.2) is 8.42 Å². The van der Waals surface area contributed by atoms with Crippen molar-refractivity contribution in [3.05, 3.63) is 71.4 Å². The van der Waals surface area contributed by atoms with Crippen LogP contribution in [0.5, 0.6) is 0 Å². The van der Waals surface area contributed by atoms with Crippen molar-refractivity contribution < 1.29 is 8.42 Å². The Morgan fingerprint density at radius 3 is 2.35 bits per heavy atom. The van der Waals surface area contributed by atoms with Gasteiger partial charge >= 0.3 is 0 Å². The molecule has 3 aromatic rings. The number of benzene rings is 2. The Bertz CT molecular complexity index is 908. The Morgan fingerprint density at radius 2 is 1.55 bits per heavy atom. The fourth-order valence-corrected chi connectivity index (χ4v) is 3.72. The van der Waals surface area contributed by atoms with E-state index in [9.17, 15) is 8.42 Å². The van der Waals surface area contributed by atoms with E-state index in [0.717, 1.165) is 10.1 Å². The molecule has 0 radical (unpaired) electrons. The van der Waals surface area contributed by atoms with E-state index in [1.165, 1.54) is 0 Å².